The first kappa shape index (κ1) is 10.1. The zero-order valence-corrected chi connectivity index (χ0v) is 10.9. The van der Waals surface area contributed by atoms with Gasteiger partial charge in [0.25, 0.3) is 0 Å². The van der Waals surface area contributed by atoms with Crippen molar-refractivity contribution in [2.75, 3.05) is 0 Å². The average molecular weight is 364 g/mol. The van der Waals surface area contributed by atoms with Gasteiger partial charge in [-0.05, 0) is 34.7 Å². The van der Waals surface area contributed by atoms with E-state index in [4.69, 9.17) is 0 Å². The summed E-state index contributed by atoms with van der Waals surface area (Å²) >= 11 is 5.63. The second-order valence-electron chi connectivity index (χ2n) is 2.74. The summed E-state index contributed by atoms with van der Waals surface area (Å²) in [4.78, 5) is 0. The molecular formula is C9H7BrIN3. The molecule has 0 saturated heterocycles. The van der Waals surface area contributed by atoms with Crippen molar-refractivity contribution in [1.82, 2.24) is 15.0 Å². The normalized spacial score (nSPS) is 10.4. The number of para-hydroxylation sites is 1. The van der Waals surface area contributed by atoms with Gasteiger partial charge >= 0.3 is 0 Å². The molecule has 2 rings (SSSR count). The molecule has 0 aliphatic heterocycles. The zero-order valence-electron chi connectivity index (χ0n) is 7.19. The molecule has 0 radical (unpaired) electrons. The van der Waals surface area contributed by atoms with Crippen LogP contribution in [0.5, 0.6) is 0 Å². The molecular weight excluding hydrogens is 357 g/mol. The lowest BCUT2D eigenvalue weighted by Crippen LogP contribution is -1.96. The van der Waals surface area contributed by atoms with E-state index >= 15 is 0 Å². The number of aromatic nitrogens is 3. The van der Waals surface area contributed by atoms with Crippen molar-refractivity contribution in [3.05, 3.63) is 39.7 Å². The summed E-state index contributed by atoms with van der Waals surface area (Å²) < 4.78 is 2.95. The molecule has 0 amide bonds. The van der Waals surface area contributed by atoms with Gasteiger partial charge in [-0.2, -0.15) is 0 Å². The molecule has 0 unspecified atom stereocenters. The lowest BCUT2D eigenvalue weighted by Gasteiger charge is -2.01. The second kappa shape index (κ2) is 4.39. The maximum Gasteiger partial charge on any atom is 0.0937 e. The quantitative estimate of drug-likeness (QED) is 0.606. The Kier molecular flexibility index (Phi) is 3.17. The molecule has 0 N–H and O–H groups in total. The summed E-state index contributed by atoms with van der Waals surface area (Å²) in [5.74, 6) is 0. The van der Waals surface area contributed by atoms with Gasteiger partial charge in [-0.15, -0.1) is 5.10 Å². The molecule has 0 saturated carbocycles. The van der Waals surface area contributed by atoms with Gasteiger partial charge in [0.1, 0.15) is 0 Å². The van der Waals surface area contributed by atoms with Crippen LogP contribution in [0.25, 0.3) is 5.69 Å². The second-order valence-corrected chi connectivity index (χ2v) is 4.46. The Morgan fingerprint density at radius 3 is 2.79 bits per heavy atom. The molecule has 0 fully saturated rings. The summed E-state index contributed by atoms with van der Waals surface area (Å²) in [5, 5.41) is 8.80. The van der Waals surface area contributed by atoms with Crippen LogP contribution < -0.4 is 0 Å². The molecule has 3 nitrogen and oxygen atoms in total. The Morgan fingerprint density at radius 1 is 1.36 bits per heavy atom. The lowest BCUT2D eigenvalue weighted by atomic mass is 10.3. The van der Waals surface area contributed by atoms with Crippen LogP contribution in [0.4, 0.5) is 0 Å². The van der Waals surface area contributed by atoms with Gasteiger partial charge in [0.05, 0.1) is 17.6 Å². The molecule has 1 aromatic carbocycles. The molecule has 2 aromatic rings. The average Bonchev–Trinajstić information content (AvgIpc) is 2.67. The maximum atomic E-state index is 4.05. The van der Waals surface area contributed by atoms with Gasteiger partial charge in [0.2, 0.25) is 0 Å². The Balaban J connectivity index is 2.44. The molecule has 5 heteroatoms. The molecule has 0 spiro atoms. The van der Waals surface area contributed by atoms with Gasteiger partial charge in [-0.25, -0.2) is 4.68 Å². The van der Waals surface area contributed by atoms with Gasteiger partial charge in [-0.1, -0.05) is 33.3 Å². The fraction of sp³-hybridized carbons (Fsp3) is 0.111. The predicted molar refractivity (Wildman–Crippen MR) is 66.7 cm³/mol. The van der Waals surface area contributed by atoms with Crippen molar-refractivity contribution in [3.63, 3.8) is 0 Å². The van der Waals surface area contributed by atoms with E-state index in [1.165, 1.54) is 0 Å². The van der Waals surface area contributed by atoms with E-state index in [-0.39, 0.29) is 0 Å². The smallest absolute Gasteiger partial charge is 0.0937 e. The number of nitrogens with zero attached hydrogens (tertiary/aromatic N) is 3. The molecule has 0 aliphatic carbocycles. The SMILES string of the molecule is BrCc1cn(-c2ccccc2I)nn1. The largest absolute Gasteiger partial charge is 0.219 e. The number of benzene rings is 1. The van der Waals surface area contributed by atoms with E-state index in [9.17, 15) is 0 Å². The van der Waals surface area contributed by atoms with Crippen molar-refractivity contribution in [3.8, 4) is 5.69 Å². The van der Waals surface area contributed by atoms with Gasteiger partial charge < -0.3 is 0 Å². The summed E-state index contributed by atoms with van der Waals surface area (Å²) in [7, 11) is 0. The fourth-order valence-electron chi connectivity index (χ4n) is 1.11. The minimum absolute atomic E-state index is 0.733. The number of hydrogen-bond donors (Lipinski definition) is 0. The van der Waals surface area contributed by atoms with Crippen molar-refractivity contribution < 1.29 is 0 Å². The standard InChI is InChI=1S/C9H7BrIN3/c10-5-7-6-14(13-12-7)9-4-2-1-3-8(9)11/h1-4,6H,5H2. The molecule has 0 atom stereocenters. The van der Waals surface area contributed by atoms with E-state index in [0.717, 1.165) is 20.3 Å². The van der Waals surface area contributed by atoms with Gasteiger partial charge in [0, 0.05) is 8.90 Å². The highest BCUT2D eigenvalue weighted by Crippen LogP contribution is 2.15. The van der Waals surface area contributed by atoms with Crippen LogP contribution >= 0.6 is 38.5 Å². The zero-order chi connectivity index (χ0) is 9.97. The number of halogens is 2. The minimum atomic E-state index is 0.733. The molecule has 72 valence electrons. The first-order valence-electron chi connectivity index (χ1n) is 4.03. The number of rotatable bonds is 2. The van der Waals surface area contributed by atoms with Crippen LogP contribution in [0.2, 0.25) is 0 Å². The van der Waals surface area contributed by atoms with Gasteiger partial charge in [-0.3, -0.25) is 0 Å². The fourth-order valence-corrected chi connectivity index (χ4v) is 2.01. The predicted octanol–water partition coefficient (Wildman–Crippen LogP) is 2.77. The minimum Gasteiger partial charge on any atom is -0.219 e. The summed E-state index contributed by atoms with van der Waals surface area (Å²) in [5.41, 5.74) is 2.00. The maximum absolute atomic E-state index is 4.05. The highest BCUT2D eigenvalue weighted by atomic mass is 127. The van der Waals surface area contributed by atoms with E-state index in [0.29, 0.717) is 0 Å². The van der Waals surface area contributed by atoms with Crippen molar-refractivity contribution >= 4 is 38.5 Å². The molecule has 14 heavy (non-hydrogen) atoms. The van der Waals surface area contributed by atoms with Crippen LogP contribution in [-0.4, -0.2) is 15.0 Å². The third-order valence-corrected chi connectivity index (χ3v) is 3.26. The molecule has 1 aromatic heterocycles. The third kappa shape index (κ3) is 1.98. The monoisotopic (exact) mass is 363 g/mol. The molecule has 0 bridgehead atoms. The third-order valence-electron chi connectivity index (χ3n) is 1.78. The highest BCUT2D eigenvalue weighted by molar-refractivity contribution is 14.1. The van der Waals surface area contributed by atoms with E-state index < -0.39 is 0 Å². The Bertz CT molecular complexity index is 441. The first-order valence-corrected chi connectivity index (χ1v) is 6.23. The van der Waals surface area contributed by atoms with Gasteiger partial charge in [0.15, 0.2) is 0 Å². The summed E-state index contributed by atoms with van der Waals surface area (Å²) in [6, 6.07) is 8.07. The Labute approximate surface area is 104 Å². The Hall–Kier alpha value is -0.430. The number of hydrogen-bond acceptors (Lipinski definition) is 2. The summed E-state index contributed by atoms with van der Waals surface area (Å²) in [6.07, 6.45) is 1.92. The topological polar surface area (TPSA) is 30.7 Å². The van der Waals surface area contributed by atoms with Crippen molar-refractivity contribution in [2.24, 2.45) is 0 Å². The van der Waals surface area contributed by atoms with Crippen molar-refractivity contribution in [2.45, 2.75) is 5.33 Å². The van der Waals surface area contributed by atoms with Crippen LogP contribution in [0.1, 0.15) is 5.69 Å². The lowest BCUT2D eigenvalue weighted by molar-refractivity contribution is 0.797. The molecule has 0 aliphatic rings. The van der Waals surface area contributed by atoms with Crippen LogP contribution in [0.3, 0.4) is 0 Å². The molecule has 1 heterocycles. The van der Waals surface area contributed by atoms with E-state index in [1.807, 2.05) is 30.5 Å². The highest BCUT2D eigenvalue weighted by Gasteiger charge is 2.03. The van der Waals surface area contributed by atoms with Crippen molar-refractivity contribution in [1.29, 1.82) is 0 Å². The van der Waals surface area contributed by atoms with E-state index in [1.54, 1.807) is 4.68 Å². The van der Waals surface area contributed by atoms with E-state index in [2.05, 4.69) is 48.8 Å². The number of alkyl halides is 1. The summed E-state index contributed by atoms with van der Waals surface area (Å²) in [6.45, 7) is 0. The van der Waals surface area contributed by atoms with Crippen LogP contribution in [0.15, 0.2) is 30.5 Å². The first-order chi connectivity index (χ1) is 6.81. The van der Waals surface area contributed by atoms with Crippen LogP contribution in [0, 0.1) is 3.57 Å². The Morgan fingerprint density at radius 2 is 2.14 bits per heavy atom. The van der Waals surface area contributed by atoms with Crippen LogP contribution in [-0.2, 0) is 5.33 Å².